The summed E-state index contributed by atoms with van der Waals surface area (Å²) in [6.07, 6.45) is 0. The molecule has 1 aliphatic heterocycles. The van der Waals surface area contributed by atoms with E-state index in [1.807, 2.05) is 11.6 Å². The van der Waals surface area contributed by atoms with E-state index < -0.39 is 10.0 Å². The van der Waals surface area contributed by atoms with Crippen LogP contribution in [-0.2, 0) is 23.2 Å². The smallest absolute Gasteiger partial charge is 0.246 e. The van der Waals surface area contributed by atoms with Crippen molar-refractivity contribution >= 4 is 10.0 Å². The molecule has 0 atom stereocenters. The summed E-state index contributed by atoms with van der Waals surface area (Å²) in [5.41, 5.74) is 4.10. The molecule has 3 rings (SSSR count). The number of nitrogens with zero attached hydrogens (tertiary/aromatic N) is 3. The SMILES string of the molecule is Cc1nn(C[NH+]2CC[NH+](Cc3ccc(C(C)C)cc3)CC2)c(C)c1S(=O)(=O)N(C)C. The summed E-state index contributed by atoms with van der Waals surface area (Å²) in [5, 5.41) is 4.55. The molecule has 0 amide bonds. The maximum atomic E-state index is 12.6. The number of aryl methyl sites for hydroxylation is 1. The van der Waals surface area contributed by atoms with Crippen molar-refractivity contribution in [2.45, 2.75) is 51.7 Å². The van der Waals surface area contributed by atoms with Gasteiger partial charge in [0.25, 0.3) is 0 Å². The van der Waals surface area contributed by atoms with Crippen LogP contribution in [-0.4, -0.2) is 62.8 Å². The molecular formula is C22H37N5O2S+2. The summed E-state index contributed by atoms with van der Waals surface area (Å²) >= 11 is 0. The molecule has 7 nitrogen and oxygen atoms in total. The summed E-state index contributed by atoms with van der Waals surface area (Å²) in [6, 6.07) is 9.04. The lowest BCUT2D eigenvalue weighted by Crippen LogP contribution is -3.27. The van der Waals surface area contributed by atoms with E-state index in [1.165, 1.54) is 20.3 Å². The number of rotatable bonds is 7. The first kappa shape index (κ1) is 22.9. The van der Waals surface area contributed by atoms with Crippen LogP contribution in [0.2, 0.25) is 0 Å². The fourth-order valence-electron chi connectivity index (χ4n) is 4.20. The van der Waals surface area contributed by atoms with E-state index in [1.54, 1.807) is 25.9 Å². The van der Waals surface area contributed by atoms with Gasteiger partial charge in [-0.05, 0) is 25.3 Å². The van der Waals surface area contributed by atoms with Crippen LogP contribution in [0, 0.1) is 13.8 Å². The summed E-state index contributed by atoms with van der Waals surface area (Å²) < 4.78 is 28.4. The van der Waals surface area contributed by atoms with E-state index in [9.17, 15) is 8.42 Å². The molecule has 2 heterocycles. The van der Waals surface area contributed by atoms with E-state index in [0.717, 1.165) is 38.4 Å². The average Bonchev–Trinajstić information content (AvgIpc) is 2.97. The quantitative estimate of drug-likeness (QED) is 0.634. The summed E-state index contributed by atoms with van der Waals surface area (Å²) in [7, 11) is -0.344. The Morgan fingerprint density at radius 1 is 1.03 bits per heavy atom. The zero-order valence-corrected chi connectivity index (χ0v) is 20.0. The summed E-state index contributed by atoms with van der Waals surface area (Å²) in [4.78, 5) is 3.41. The monoisotopic (exact) mass is 435 g/mol. The van der Waals surface area contributed by atoms with Crippen LogP contribution in [0.4, 0.5) is 0 Å². The Balaban J connectivity index is 1.59. The fraction of sp³-hybridized carbons (Fsp3) is 0.591. The highest BCUT2D eigenvalue weighted by molar-refractivity contribution is 7.89. The first-order chi connectivity index (χ1) is 14.1. The second-order valence-electron chi connectivity index (χ2n) is 9.02. The lowest BCUT2D eigenvalue weighted by Gasteiger charge is -2.30. The minimum absolute atomic E-state index is 0.348. The minimum atomic E-state index is -3.47. The molecule has 1 aliphatic rings. The second kappa shape index (κ2) is 9.18. The molecule has 30 heavy (non-hydrogen) atoms. The van der Waals surface area contributed by atoms with Crippen LogP contribution < -0.4 is 9.80 Å². The highest BCUT2D eigenvalue weighted by Gasteiger charge is 2.29. The number of hydrogen-bond donors (Lipinski definition) is 2. The van der Waals surface area contributed by atoms with Gasteiger partial charge in [-0.15, -0.1) is 0 Å². The van der Waals surface area contributed by atoms with Gasteiger partial charge in [0, 0.05) is 19.7 Å². The fourth-order valence-corrected chi connectivity index (χ4v) is 5.46. The molecular weight excluding hydrogens is 398 g/mol. The molecule has 2 aromatic rings. The summed E-state index contributed by atoms with van der Waals surface area (Å²) in [5.74, 6) is 0.571. The maximum absolute atomic E-state index is 12.6. The molecule has 2 N–H and O–H groups in total. The Kier molecular flexibility index (Phi) is 7.02. The molecule has 0 unspecified atom stereocenters. The van der Waals surface area contributed by atoms with Gasteiger partial charge in [0.05, 0.1) is 11.4 Å². The van der Waals surface area contributed by atoms with Crippen LogP contribution in [0.15, 0.2) is 29.2 Å². The molecule has 0 bridgehead atoms. The topological polar surface area (TPSA) is 64.1 Å². The standard InChI is InChI=1S/C22H35N5O2S/c1-17(2)21-9-7-20(8-10-21)15-25-11-13-26(14-12-25)16-27-19(4)22(18(3)23-27)30(28,29)24(5)6/h7-10,17H,11-16H2,1-6H3/p+2. The van der Waals surface area contributed by atoms with Gasteiger partial charge < -0.3 is 9.80 Å². The zero-order valence-electron chi connectivity index (χ0n) is 19.2. The Morgan fingerprint density at radius 3 is 2.13 bits per heavy atom. The zero-order chi connectivity index (χ0) is 22.1. The van der Waals surface area contributed by atoms with Gasteiger partial charge in [-0.1, -0.05) is 38.1 Å². The number of sulfonamides is 1. The molecule has 0 saturated carbocycles. The number of quaternary nitrogens is 2. The van der Waals surface area contributed by atoms with Crippen LogP contribution in [0.5, 0.6) is 0 Å². The average molecular weight is 436 g/mol. The van der Waals surface area contributed by atoms with Crippen molar-refractivity contribution in [2.24, 2.45) is 0 Å². The lowest BCUT2D eigenvalue weighted by molar-refractivity contribution is -1.03. The van der Waals surface area contributed by atoms with Crippen molar-refractivity contribution in [1.29, 1.82) is 0 Å². The second-order valence-corrected chi connectivity index (χ2v) is 11.1. The predicted molar refractivity (Wildman–Crippen MR) is 118 cm³/mol. The van der Waals surface area contributed by atoms with E-state index in [4.69, 9.17) is 0 Å². The largest absolute Gasteiger partial charge is 0.322 e. The van der Waals surface area contributed by atoms with Crippen molar-refractivity contribution in [3.63, 3.8) is 0 Å². The van der Waals surface area contributed by atoms with Crippen molar-refractivity contribution in [2.75, 3.05) is 40.3 Å². The molecule has 0 aliphatic carbocycles. The Labute approximate surface area is 181 Å². The van der Waals surface area contributed by atoms with Crippen LogP contribution in [0.3, 0.4) is 0 Å². The van der Waals surface area contributed by atoms with Gasteiger partial charge in [-0.2, -0.15) is 5.10 Å². The van der Waals surface area contributed by atoms with Gasteiger partial charge in [0.1, 0.15) is 37.6 Å². The van der Waals surface area contributed by atoms with Crippen molar-refractivity contribution in [3.05, 3.63) is 46.8 Å². The van der Waals surface area contributed by atoms with E-state index in [0.29, 0.717) is 23.2 Å². The number of nitrogens with one attached hydrogen (secondary N) is 2. The highest BCUT2D eigenvalue weighted by atomic mass is 32.2. The third kappa shape index (κ3) is 4.94. The van der Waals surface area contributed by atoms with Crippen molar-refractivity contribution in [3.8, 4) is 0 Å². The maximum Gasteiger partial charge on any atom is 0.246 e. The first-order valence-electron chi connectivity index (χ1n) is 10.8. The molecule has 166 valence electrons. The molecule has 8 heteroatoms. The molecule has 1 saturated heterocycles. The predicted octanol–water partition coefficient (Wildman–Crippen LogP) is -0.185. The van der Waals surface area contributed by atoms with Crippen molar-refractivity contribution in [1.82, 2.24) is 14.1 Å². The normalized spacial score (nSPS) is 20.3. The van der Waals surface area contributed by atoms with E-state index in [-0.39, 0.29) is 0 Å². The Bertz CT molecular complexity index is 956. The third-order valence-electron chi connectivity index (χ3n) is 6.19. The van der Waals surface area contributed by atoms with Gasteiger partial charge in [-0.3, -0.25) is 0 Å². The van der Waals surface area contributed by atoms with E-state index >= 15 is 0 Å². The summed E-state index contributed by atoms with van der Waals surface area (Å²) in [6.45, 7) is 14.2. The number of piperazine rings is 1. The van der Waals surface area contributed by atoms with Gasteiger partial charge >= 0.3 is 0 Å². The van der Waals surface area contributed by atoms with Gasteiger partial charge in [-0.25, -0.2) is 17.4 Å². The molecule has 1 fully saturated rings. The van der Waals surface area contributed by atoms with Crippen LogP contribution in [0.25, 0.3) is 0 Å². The molecule has 1 aromatic carbocycles. The Morgan fingerprint density at radius 2 is 1.60 bits per heavy atom. The lowest BCUT2D eigenvalue weighted by atomic mass is 10.0. The third-order valence-corrected chi connectivity index (χ3v) is 8.26. The number of benzene rings is 1. The minimum Gasteiger partial charge on any atom is -0.322 e. The van der Waals surface area contributed by atoms with E-state index in [2.05, 4.69) is 43.2 Å². The van der Waals surface area contributed by atoms with Crippen molar-refractivity contribution < 1.29 is 18.2 Å². The molecule has 0 spiro atoms. The number of aromatic nitrogens is 2. The van der Waals surface area contributed by atoms with Gasteiger partial charge in [0.2, 0.25) is 10.0 Å². The van der Waals surface area contributed by atoms with Gasteiger partial charge in [0.15, 0.2) is 6.67 Å². The number of hydrogen-bond acceptors (Lipinski definition) is 3. The first-order valence-corrected chi connectivity index (χ1v) is 12.3. The highest BCUT2D eigenvalue weighted by Crippen LogP contribution is 2.21. The van der Waals surface area contributed by atoms with Crippen LogP contribution >= 0.6 is 0 Å². The molecule has 1 aromatic heterocycles. The van der Waals surface area contributed by atoms with Crippen LogP contribution in [0.1, 0.15) is 42.3 Å². The Hall–Kier alpha value is -1.74. The molecule has 0 radical (unpaired) electrons.